The molecule has 1 amide bonds. The Morgan fingerprint density at radius 2 is 1.68 bits per heavy atom. The van der Waals surface area contributed by atoms with E-state index in [0.29, 0.717) is 0 Å². The lowest BCUT2D eigenvalue weighted by Crippen LogP contribution is -2.61. The molecule has 1 aliphatic heterocycles. The second-order valence-corrected chi connectivity index (χ2v) is 6.56. The van der Waals surface area contributed by atoms with E-state index in [4.69, 9.17) is 10.5 Å². The number of halogens is 3. The van der Waals surface area contributed by atoms with Gasteiger partial charge in [-0.3, -0.25) is 4.90 Å². The maximum absolute atomic E-state index is 13.2. The molecule has 0 aliphatic carbocycles. The first-order valence-corrected chi connectivity index (χ1v) is 7.50. The van der Waals surface area contributed by atoms with Crippen LogP contribution < -0.4 is 5.73 Å². The zero-order valence-electron chi connectivity index (χ0n) is 13.6. The highest BCUT2D eigenvalue weighted by atomic mass is 19.4. The van der Waals surface area contributed by atoms with Crippen LogP contribution in [0.2, 0.25) is 0 Å². The van der Waals surface area contributed by atoms with Crippen molar-refractivity contribution < 1.29 is 22.7 Å². The number of alkyl halides is 3. The Balaban J connectivity index is 2.65. The standard InChI is InChI=1S/C14H26F3N3O2/c1-5-10(18)11(14(15,16)17)19-6-8-20(9-7-19)12(21)22-13(2,3)4/h10-11H,5-9,18H2,1-4H3. The molecule has 1 fully saturated rings. The molecule has 0 bridgehead atoms. The van der Waals surface area contributed by atoms with Crippen LogP contribution in [0.15, 0.2) is 0 Å². The van der Waals surface area contributed by atoms with Gasteiger partial charge >= 0.3 is 12.3 Å². The number of piperazine rings is 1. The predicted molar refractivity (Wildman–Crippen MR) is 77.5 cm³/mol. The van der Waals surface area contributed by atoms with E-state index < -0.39 is 30.0 Å². The summed E-state index contributed by atoms with van der Waals surface area (Å²) in [4.78, 5) is 14.7. The first-order chi connectivity index (χ1) is 9.95. The molecule has 0 aromatic rings. The molecule has 2 atom stereocenters. The number of amides is 1. The first kappa shape index (κ1) is 19.0. The van der Waals surface area contributed by atoms with Crippen LogP contribution in [0, 0.1) is 0 Å². The Bertz CT molecular complexity index is 375. The molecule has 1 saturated heterocycles. The van der Waals surface area contributed by atoms with Crippen LogP contribution in [0.1, 0.15) is 34.1 Å². The molecule has 1 heterocycles. The van der Waals surface area contributed by atoms with E-state index in [1.807, 2.05) is 0 Å². The Morgan fingerprint density at radius 3 is 2.05 bits per heavy atom. The highest BCUT2D eigenvalue weighted by Gasteiger charge is 2.47. The van der Waals surface area contributed by atoms with Crippen LogP contribution in [0.3, 0.4) is 0 Å². The highest BCUT2D eigenvalue weighted by Crippen LogP contribution is 2.28. The maximum Gasteiger partial charge on any atom is 0.410 e. The molecule has 2 unspecified atom stereocenters. The fraction of sp³-hybridized carbons (Fsp3) is 0.929. The molecule has 1 rings (SSSR count). The van der Waals surface area contributed by atoms with E-state index in [2.05, 4.69) is 0 Å². The number of hydrogen-bond acceptors (Lipinski definition) is 4. The molecule has 0 saturated carbocycles. The monoisotopic (exact) mass is 325 g/mol. The van der Waals surface area contributed by atoms with E-state index in [9.17, 15) is 18.0 Å². The van der Waals surface area contributed by atoms with Crippen molar-refractivity contribution in [2.24, 2.45) is 5.73 Å². The Morgan fingerprint density at radius 1 is 1.18 bits per heavy atom. The summed E-state index contributed by atoms with van der Waals surface area (Å²) in [6.45, 7) is 7.58. The predicted octanol–water partition coefficient (Wildman–Crippen LogP) is 2.21. The Labute approximate surface area is 129 Å². The zero-order valence-corrected chi connectivity index (χ0v) is 13.6. The number of nitrogens with zero attached hydrogens (tertiary/aromatic N) is 2. The van der Waals surface area contributed by atoms with E-state index in [1.54, 1.807) is 27.7 Å². The molecule has 0 aromatic carbocycles. The normalized spacial score (nSPS) is 20.6. The van der Waals surface area contributed by atoms with Crippen LogP contribution in [0.5, 0.6) is 0 Å². The zero-order chi connectivity index (χ0) is 17.1. The summed E-state index contributed by atoms with van der Waals surface area (Å²) in [5, 5.41) is 0. The fourth-order valence-electron chi connectivity index (χ4n) is 2.45. The average molecular weight is 325 g/mol. The summed E-state index contributed by atoms with van der Waals surface area (Å²) in [5.41, 5.74) is 5.03. The van der Waals surface area contributed by atoms with E-state index in [1.165, 1.54) is 9.80 Å². The lowest BCUT2D eigenvalue weighted by atomic mass is 10.0. The van der Waals surface area contributed by atoms with Gasteiger partial charge in [0.05, 0.1) is 0 Å². The molecule has 0 aromatic heterocycles. The maximum atomic E-state index is 13.2. The number of rotatable bonds is 3. The van der Waals surface area contributed by atoms with E-state index >= 15 is 0 Å². The quantitative estimate of drug-likeness (QED) is 0.864. The number of nitrogens with two attached hydrogens (primary N) is 1. The van der Waals surface area contributed by atoms with Gasteiger partial charge in [-0.2, -0.15) is 13.2 Å². The molecule has 8 heteroatoms. The molecular weight excluding hydrogens is 299 g/mol. The lowest BCUT2D eigenvalue weighted by Gasteiger charge is -2.41. The Kier molecular flexibility index (Phi) is 6.09. The molecule has 0 spiro atoms. The molecule has 22 heavy (non-hydrogen) atoms. The molecule has 0 radical (unpaired) electrons. The third-order valence-electron chi connectivity index (χ3n) is 3.57. The van der Waals surface area contributed by atoms with Gasteiger partial charge in [0, 0.05) is 32.2 Å². The second kappa shape index (κ2) is 7.04. The number of hydrogen-bond donors (Lipinski definition) is 1. The van der Waals surface area contributed by atoms with E-state index in [-0.39, 0.29) is 32.6 Å². The molecule has 130 valence electrons. The summed E-state index contributed by atoms with van der Waals surface area (Å²) < 4.78 is 44.8. The summed E-state index contributed by atoms with van der Waals surface area (Å²) in [6, 6.07) is -2.63. The van der Waals surface area contributed by atoms with Gasteiger partial charge in [-0.1, -0.05) is 6.92 Å². The van der Waals surface area contributed by atoms with Crippen LogP contribution in [0.4, 0.5) is 18.0 Å². The molecule has 2 N–H and O–H groups in total. The summed E-state index contributed by atoms with van der Waals surface area (Å²) in [6.07, 6.45) is -4.62. The minimum Gasteiger partial charge on any atom is -0.444 e. The third-order valence-corrected chi connectivity index (χ3v) is 3.57. The smallest absolute Gasteiger partial charge is 0.410 e. The highest BCUT2D eigenvalue weighted by molar-refractivity contribution is 5.68. The van der Waals surface area contributed by atoms with Gasteiger partial charge in [0.1, 0.15) is 11.6 Å². The average Bonchev–Trinajstić information content (AvgIpc) is 2.35. The van der Waals surface area contributed by atoms with Gasteiger partial charge in [-0.05, 0) is 27.2 Å². The van der Waals surface area contributed by atoms with Gasteiger partial charge in [0.25, 0.3) is 0 Å². The van der Waals surface area contributed by atoms with Crippen LogP contribution in [0.25, 0.3) is 0 Å². The largest absolute Gasteiger partial charge is 0.444 e. The summed E-state index contributed by atoms with van der Waals surface area (Å²) >= 11 is 0. The minimum atomic E-state index is -4.37. The molecule has 1 aliphatic rings. The van der Waals surface area contributed by atoms with Crippen molar-refractivity contribution >= 4 is 6.09 Å². The van der Waals surface area contributed by atoms with Crippen molar-refractivity contribution in [1.82, 2.24) is 9.80 Å². The second-order valence-electron chi connectivity index (χ2n) is 6.56. The lowest BCUT2D eigenvalue weighted by molar-refractivity contribution is -0.192. The first-order valence-electron chi connectivity index (χ1n) is 7.50. The van der Waals surface area contributed by atoms with Crippen LogP contribution in [-0.4, -0.2) is 65.9 Å². The fourth-order valence-corrected chi connectivity index (χ4v) is 2.45. The number of carbonyl (C=O) groups excluding carboxylic acids is 1. The van der Waals surface area contributed by atoms with Gasteiger partial charge < -0.3 is 15.4 Å². The van der Waals surface area contributed by atoms with Crippen molar-refractivity contribution in [3.63, 3.8) is 0 Å². The van der Waals surface area contributed by atoms with Crippen molar-refractivity contribution in [2.75, 3.05) is 26.2 Å². The summed E-state index contributed by atoms with van der Waals surface area (Å²) in [7, 11) is 0. The van der Waals surface area contributed by atoms with Crippen LogP contribution in [-0.2, 0) is 4.74 Å². The van der Waals surface area contributed by atoms with Gasteiger partial charge in [-0.25, -0.2) is 4.79 Å². The number of carbonyl (C=O) groups is 1. The summed E-state index contributed by atoms with van der Waals surface area (Å²) in [5.74, 6) is 0. The van der Waals surface area contributed by atoms with Crippen LogP contribution >= 0.6 is 0 Å². The van der Waals surface area contributed by atoms with Crippen molar-refractivity contribution in [3.8, 4) is 0 Å². The van der Waals surface area contributed by atoms with Gasteiger partial charge in [-0.15, -0.1) is 0 Å². The van der Waals surface area contributed by atoms with Crippen molar-refractivity contribution in [2.45, 2.75) is 58.0 Å². The third kappa shape index (κ3) is 5.31. The number of ether oxygens (including phenoxy) is 1. The van der Waals surface area contributed by atoms with E-state index in [0.717, 1.165) is 0 Å². The van der Waals surface area contributed by atoms with Gasteiger partial charge in [0.15, 0.2) is 0 Å². The SMILES string of the molecule is CCC(N)C(N1CCN(C(=O)OC(C)(C)C)CC1)C(F)(F)F. The van der Waals surface area contributed by atoms with Crippen molar-refractivity contribution in [3.05, 3.63) is 0 Å². The molecule has 5 nitrogen and oxygen atoms in total. The van der Waals surface area contributed by atoms with Crippen molar-refractivity contribution in [1.29, 1.82) is 0 Å². The molecular formula is C14H26F3N3O2. The van der Waals surface area contributed by atoms with Gasteiger partial charge in [0.2, 0.25) is 0 Å². The minimum absolute atomic E-state index is 0.136. The topological polar surface area (TPSA) is 58.8 Å². The Hall–Kier alpha value is -1.02.